The number of hydrogen-bond donors (Lipinski definition) is 0. The third kappa shape index (κ3) is 15.3. The number of carbonyl (C=O) groups excluding carboxylic acids is 2. The lowest BCUT2D eigenvalue weighted by Gasteiger charge is -2.28. The van der Waals surface area contributed by atoms with Crippen LogP contribution in [0.1, 0.15) is 192 Å². The SMILES string of the molecule is CCCCCCCCCCCCOc1ccc(C2=C3C(=O)N(CC(C)OCC)C(c4ccc(C)c(C)c4)=C3C(=O)N2CC(C)OCC)cc1OCCCCCCCCCCCC. The Morgan fingerprint density at radius 3 is 1.27 bits per heavy atom. The van der Waals surface area contributed by atoms with Gasteiger partial charge in [-0.25, -0.2) is 0 Å². The molecule has 0 fully saturated rings. The quantitative estimate of drug-likeness (QED) is 0.0653. The fourth-order valence-corrected chi connectivity index (χ4v) is 8.85. The Morgan fingerprint density at radius 1 is 0.468 bits per heavy atom. The Hall–Kier alpha value is -3.62. The van der Waals surface area contributed by atoms with Gasteiger partial charge >= 0.3 is 0 Å². The van der Waals surface area contributed by atoms with E-state index in [1.54, 1.807) is 9.80 Å². The second-order valence-electron chi connectivity index (χ2n) is 17.8. The van der Waals surface area contributed by atoms with Crippen LogP contribution in [0.5, 0.6) is 11.5 Å². The molecule has 2 atom stereocenters. The van der Waals surface area contributed by atoms with Crippen molar-refractivity contribution in [2.24, 2.45) is 0 Å². The zero-order valence-electron chi connectivity index (χ0n) is 40.3. The van der Waals surface area contributed by atoms with Crippen LogP contribution in [-0.4, -0.2) is 73.3 Å². The summed E-state index contributed by atoms with van der Waals surface area (Å²) in [6, 6.07) is 12.1. The van der Waals surface area contributed by atoms with Crippen molar-refractivity contribution in [2.45, 2.75) is 196 Å². The number of fused-ring (bicyclic) bond motifs is 1. The van der Waals surface area contributed by atoms with Gasteiger partial charge < -0.3 is 28.7 Å². The molecular weight excluding hydrogens is 773 g/mol. The first-order valence-corrected chi connectivity index (χ1v) is 25.0. The van der Waals surface area contributed by atoms with Crippen molar-refractivity contribution in [1.29, 1.82) is 0 Å². The molecule has 2 aromatic carbocycles. The number of hydrogen-bond acceptors (Lipinski definition) is 6. The predicted octanol–water partition coefficient (Wildman–Crippen LogP) is 13.6. The van der Waals surface area contributed by atoms with E-state index in [4.69, 9.17) is 18.9 Å². The summed E-state index contributed by atoms with van der Waals surface area (Å²) in [6.45, 7) is 19.5. The van der Waals surface area contributed by atoms with Crippen LogP contribution in [0, 0.1) is 13.8 Å². The average Bonchev–Trinajstić information content (AvgIpc) is 3.69. The molecule has 0 bridgehead atoms. The third-order valence-corrected chi connectivity index (χ3v) is 12.5. The van der Waals surface area contributed by atoms with Gasteiger partial charge in [-0.05, 0) is 95.3 Å². The second kappa shape index (κ2) is 28.2. The number of unbranched alkanes of at least 4 members (excludes halogenated alkanes) is 18. The molecule has 2 aliphatic rings. The molecule has 62 heavy (non-hydrogen) atoms. The van der Waals surface area contributed by atoms with E-state index in [9.17, 15) is 9.59 Å². The lowest BCUT2D eigenvalue weighted by molar-refractivity contribution is -0.125. The molecule has 2 unspecified atom stereocenters. The molecule has 0 aromatic heterocycles. The van der Waals surface area contributed by atoms with Crippen LogP contribution in [0.25, 0.3) is 11.4 Å². The number of benzene rings is 2. The molecular formula is C54H84N2O6. The van der Waals surface area contributed by atoms with Crippen LogP contribution < -0.4 is 9.47 Å². The summed E-state index contributed by atoms with van der Waals surface area (Å²) in [7, 11) is 0. The van der Waals surface area contributed by atoms with E-state index in [1.165, 1.54) is 103 Å². The average molecular weight is 857 g/mol. The maximum atomic E-state index is 14.9. The summed E-state index contributed by atoms with van der Waals surface area (Å²) in [6.07, 6.45) is 24.7. The first-order chi connectivity index (χ1) is 30.2. The van der Waals surface area contributed by atoms with Gasteiger partial charge in [0.2, 0.25) is 0 Å². The van der Waals surface area contributed by atoms with Crippen molar-refractivity contribution in [1.82, 2.24) is 9.80 Å². The highest BCUT2D eigenvalue weighted by Crippen LogP contribution is 2.48. The molecule has 8 nitrogen and oxygen atoms in total. The van der Waals surface area contributed by atoms with Gasteiger partial charge in [0.15, 0.2) is 11.5 Å². The molecule has 0 radical (unpaired) electrons. The minimum absolute atomic E-state index is 0.191. The molecule has 4 rings (SSSR count). The Kier molecular flexibility index (Phi) is 23.2. The van der Waals surface area contributed by atoms with E-state index < -0.39 is 0 Å². The number of nitrogens with zero attached hydrogens (tertiary/aromatic N) is 2. The second-order valence-corrected chi connectivity index (χ2v) is 17.8. The Morgan fingerprint density at radius 2 is 0.855 bits per heavy atom. The normalized spacial score (nSPS) is 15.0. The summed E-state index contributed by atoms with van der Waals surface area (Å²) in [5.74, 6) is 0.980. The lowest BCUT2D eigenvalue weighted by Crippen LogP contribution is -2.37. The molecule has 0 saturated heterocycles. The van der Waals surface area contributed by atoms with Gasteiger partial charge in [0.25, 0.3) is 11.8 Å². The zero-order valence-corrected chi connectivity index (χ0v) is 40.3. The molecule has 0 saturated carbocycles. The Balaban J connectivity index is 1.64. The highest BCUT2D eigenvalue weighted by Gasteiger charge is 2.49. The standard InChI is InChI=1S/C54H84N2O6/c1-9-13-15-17-19-21-23-25-27-29-35-61-47-34-33-46(38-48(47)62-36-30-28-26-24-22-20-18-16-14-10-2)52-50-49(53(57)56(52)40-44(8)60-12-4)51(45-32-31-41(5)42(6)37-45)55(54(50)58)39-43(7)59-11-3/h31-34,37-38,43-44H,9-30,35-36,39-40H2,1-8H3. The van der Waals surface area contributed by atoms with Gasteiger partial charge in [-0.2, -0.15) is 0 Å². The van der Waals surface area contributed by atoms with E-state index in [0.717, 1.165) is 47.9 Å². The first kappa shape index (κ1) is 51.0. The van der Waals surface area contributed by atoms with Crippen LogP contribution >= 0.6 is 0 Å². The molecule has 2 aromatic rings. The zero-order chi connectivity index (χ0) is 44.7. The van der Waals surface area contributed by atoms with Gasteiger partial charge in [-0.15, -0.1) is 0 Å². The van der Waals surface area contributed by atoms with Crippen molar-refractivity contribution in [2.75, 3.05) is 39.5 Å². The molecule has 2 amide bonds. The van der Waals surface area contributed by atoms with E-state index in [0.29, 0.717) is 73.6 Å². The van der Waals surface area contributed by atoms with E-state index in [1.807, 2.05) is 52.0 Å². The number of amides is 2. The first-order valence-electron chi connectivity index (χ1n) is 25.0. The molecule has 8 heteroatoms. The van der Waals surface area contributed by atoms with Gasteiger partial charge in [0.1, 0.15) is 0 Å². The van der Waals surface area contributed by atoms with Crippen LogP contribution in [0.3, 0.4) is 0 Å². The smallest absolute Gasteiger partial charge is 0.261 e. The highest BCUT2D eigenvalue weighted by atomic mass is 16.5. The largest absolute Gasteiger partial charge is 0.490 e. The maximum Gasteiger partial charge on any atom is 0.261 e. The Bertz CT molecular complexity index is 1730. The van der Waals surface area contributed by atoms with Gasteiger partial charge in [-0.1, -0.05) is 142 Å². The van der Waals surface area contributed by atoms with E-state index >= 15 is 0 Å². The molecule has 0 N–H and O–H groups in total. The Labute approximate surface area is 377 Å². The van der Waals surface area contributed by atoms with Crippen LogP contribution in [-0.2, 0) is 19.1 Å². The molecule has 0 spiro atoms. The molecule has 2 aliphatic heterocycles. The fourth-order valence-electron chi connectivity index (χ4n) is 8.85. The van der Waals surface area contributed by atoms with Crippen molar-refractivity contribution in [3.63, 3.8) is 0 Å². The van der Waals surface area contributed by atoms with Crippen molar-refractivity contribution in [3.8, 4) is 11.5 Å². The number of carbonyl (C=O) groups is 2. The topological polar surface area (TPSA) is 77.5 Å². The fraction of sp³-hybridized carbons (Fsp3) is 0.667. The minimum atomic E-state index is -0.246. The summed E-state index contributed by atoms with van der Waals surface area (Å²) >= 11 is 0. The highest BCUT2D eigenvalue weighted by molar-refractivity contribution is 6.30. The van der Waals surface area contributed by atoms with Gasteiger partial charge in [-0.3, -0.25) is 9.59 Å². The van der Waals surface area contributed by atoms with Crippen molar-refractivity contribution in [3.05, 3.63) is 69.8 Å². The summed E-state index contributed by atoms with van der Waals surface area (Å²) in [4.78, 5) is 33.4. The minimum Gasteiger partial charge on any atom is -0.490 e. The maximum absolute atomic E-state index is 14.9. The van der Waals surface area contributed by atoms with Crippen LogP contribution in [0.4, 0.5) is 0 Å². The summed E-state index contributed by atoms with van der Waals surface area (Å²) in [5, 5.41) is 0. The monoisotopic (exact) mass is 857 g/mol. The van der Waals surface area contributed by atoms with Crippen molar-refractivity contribution >= 4 is 23.2 Å². The van der Waals surface area contributed by atoms with Crippen molar-refractivity contribution < 1.29 is 28.5 Å². The van der Waals surface area contributed by atoms with E-state index in [2.05, 4.69) is 39.8 Å². The molecule has 0 aliphatic carbocycles. The molecule has 346 valence electrons. The van der Waals surface area contributed by atoms with Crippen LogP contribution in [0.2, 0.25) is 0 Å². The van der Waals surface area contributed by atoms with Crippen LogP contribution in [0.15, 0.2) is 47.5 Å². The molecule has 2 heterocycles. The van der Waals surface area contributed by atoms with E-state index in [-0.39, 0.29) is 24.0 Å². The number of ether oxygens (including phenoxy) is 4. The van der Waals surface area contributed by atoms with Gasteiger partial charge in [0, 0.05) is 18.8 Å². The predicted molar refractivity (Wildman–Crippen MR) is 256 cm³/mol. The lowest BCUT2D eigenvalue weighted by atomic mass is 9.99. The summed E-state index contributed by atoms with van der Waals surface area (Å²) < 4.78 is 25.0. The third-order valence-electron chi connectivity index (χ3n) is 12.5. The number of aryl methyl sites for hydroxylation is 2. The van der Waals surface area contributed by atoms with Gasteiger partial charge in [0.05, 0.1) is 61.1 Å². The number of rotatable bonds is 34. The summed E-state index contributed by atoms with van der Waals surface area (Å²) in [5.41, 5.74) is 5.96.